The number of pyridine rings is 1. The van der Waals surface area contributed by atoms with Gasteiger partial charge in [0.2, 0.25) is 5.91 Å². The van der Waals surface area contributed by atoms with Gasteiger partial charge in [0.1, 0.15) is 5.54 Å². The van der Waals surface area contributed by atoms with Crippen LogP contribution in [0.4, 0.5) is 5.69 Å². The first-order chi connectivity index (χ1) is 8.84. The fourth-order valence-electron chi connectivity index (χ4n) is 2.47. The minimum atomic E-state index is -0.573. The number of piperazine rings is 1. The van der Waals surface area contributed by atoms with Gasteiger partial charge in [-0.05, 0) is 32.9 Å². The van der Waals surface area contributed by atoms with E-state index in [9.17, 15) is 9.90 Å². The lowest BCUT2D eigenvalue weighted by molar-refractivity contribution is -0.136. The molecule has 1 amide bonds. The highest BCUT2D eigenvalue weighted by Crippen LogP contribution is 2.28. The molecule has 5 heteroatoms. The summed E-state index contributed by atoms with van der Waals surface area (Å²) >= 11 is 0. The lowest BCUT2D eigenvalue weighted by atomic mass is 9.97. The Balaban J connectivity index is 2.28. The summed E-state index contributed by atoms with van der Waals surface area (Å²) in [5.41, 5.74) is 0.985. The second-order valence-electron chi connectivity index (χ2n) is 5.55. The van der Waals surface area contributed by atoms with E-state index in [1.807, 2.05) is 27.0 Å². The third kappa shape index (κ3) is 2.42. The van der Waals surface area contributed by atoms with E-state index in [-0.39, 0.29) is 5.91 Å². The zero-order valence-electron chi connectivity index (χ0n) is 11.9. The number of hydrogen-bond acceptors (Lipinski definition) is 4. The van der Waals surface area contributed by atoms with Gasteiger partial charge in [0.05, 0.1) is 23.7 Å². The molecule has 0 spiro atoms. The quantitative estimate of drug-likeness (QED) is 0.871. The molecule has 0 saturated carbocycles. The average molecular weight is 263 g/mol. The van der Waals surface area contributed by atoms with Crippen LogP contribution in [-0.2, 0) is 4.79 Å². The summed E-state index contributed by atoms with van der Waals surface area (Å²) in [5, 5.41) is 9.47. The van der Waals surface area contributed by atoms with Gasteiger partial charge in [-0.2, -0.15) is 0 Å². The van der Waals surface area contributed by atoms with Crippen molar-refractivity contribution in [3.63, 3.8) is 0 Å². The fraction of sp³-hybridized carbons (Fsp3) is 0.571. The molecule has 1 atom stereocenters. The molecule has 0 bridgehead atoms. The molecule has 1 aromatic rings. The van der Waals surface area contributed by atoms with Crippen molar-refractivity contribution in [1.82, 2.24) is 9.88 Å². The number of carbonyl (C=O) groups is 1. The summed E-state index contributed by atoms with van der Waals surface area (Å²) in [5.74, 6) is 0.110. The van der Waals surface area contributed by atoms with Crippen molar-refractivity contribution in [1.29, 1.82) is 0 Å². The van der Waals surface area contributed by atoms with Crippen LogP contribution in [0.3, 0.4) is 0 Å². The van der Waals surface area contributed by atoms with Gasteiger partial charge in [0.25, 0.3) is 0 Å². The Hall–Kier alpha value is -1.62. The number of nitrogens with zero attached hydrogens (tertiary/aromatic N) is 3. The topological polar surface area (TPSA) is 56.7 Å². The van der Waals surface area contributed by atoms with Crippen molar-refractivity contribution in [3.05, 3.63) is 24.0 Å². The third-order valence-electron chi connectivity index (χ3n) is 3.71. The molecule has 0 aromatic carbocycles. The number of aromatic nitrogens is 1. The number of hydrogen-bond donors (Lipinski definition) is 1. The maximum absolute atomic E-state index is 12.2. The molecule has 2 heterocycles. The normalized spacial score (nSPS) is 20.6. The van der Waals surface area contributed by atoms with Crippen LogP contribution < -0.4 is 4.90 Å². The monoisotopic (exact) mass is 263 g/mol. The summed E-state index contributed by atoms with van der Waals surface area (Å²) in [6.45, 7) is 7.03. The zero-order valence-corrected chi connectivity index (χ0v) is 11.9. The van der Waals surface area contributed by atoms with Gasteiger partial charge in [-0.1, -0.05) is 0 Å². The lowest BCUT2D eigenvalue weighted by Crippen LogP contribution is -2.62. The van der Waals surface area contributed by atoms with Crippen molar-refractivity contribution >= 4 is 11.6 Å². The van der Waals surface area contributed by atoms with Crippen molar-refractivity contribution < 1.29 is 9.90 Å². The third-order valence-corrected chi connectivity index (χ3v) is 3.71. The smallest absolute Gasteiger partial charge is 0.247 e. The lowest BCUT2D eigenvalue weighted by Gasteiger charge is -2.46. The molecule has 1 N–H and O–H groups in total. The van der Waals surface area contributed by atoms with Gasteiger partial charge in [-0.15, -0.1) is 0 Å². The van der Waals surface area contributed by atoms with E-state index < -0.39 is 11.6 Å². The molecular weight excluding hydrogens is 242 g/mol. The molecule has 0 aliphatic carbocycles. The van der Waals surface area contributed by atoms with Crippen LogP contribution in [-0.4, -0.2) is 46.6 Å². The second kappa shape index (κ2) is 4.81. The van der Waals surface area contributed by atoms with Crippen molar-refractivity contribution in [2.24, 2.45) is 0 Å². The number of amides is 1. The first-order valence-electron chi connectivity index (χ1n) is 6.51. The van der Waals surface area contributed by atoms with Gasteiger partial charge < -0.3 is 14.9 Å². The molecular formula is C14H21N3O2. The predicted molar refractivity (Wildman–Crippen MR) is 73.9 cm³/mol. The van der Waals surface area contributed by atoms with E-state index in [0.717, 1.165) is 12.2 Å². The van der Waals surface area contributed by atoms with Gasteiger partial charge in [-0.25, -0.2) is 0 Å². The highest BCUT2D eigenvalue weighted by Gasteiger charge is 2.40. The Kier molecular flexibility index (Phi) is 3.49. The first kappa shape index (κ1) is 13.8. The Labute approximate surface area is 113 Å². The molecule has 0 unspecified atom stereocenters. The van der Waals surface area contributed by atoms with Crippen LogP contribution in [0.2, 0.25) is 0 Å². The Morgan fingerprint density at radius 3 is 2.58 bits per heavy atom. The van der Waals surface area contributed by atoms with Gasteiger partial charge >= 0.3 is 0 Å². The van der Waals surface area contributed by atoms with E-state index in [0.29, 0.717) is 12.2 Å². The van der Waals surface area contributed by atoms with E-state index in [4.69, 9.17) is 0 Å². The molecule has 104 valence electrons. The second-order valence-corrected chi connectivity index (χ2v) is 5.55. The van der Waals surface area contributed by atoms with Crippen molar-refractivity contribution in [3.8, 4) is 0 Å². The maximum atomic E-state index is 12.2. The average Bonchev–Trinajstić information content (AvgIpc) is 2.36. The summed E-state index contributed by atoms with van der Waals surface area (Å²) < 4.78 is 0. The molecule has 1 saturated heterocycles. The number of aliphatic hydroxyl groups excluding tert-OH is 1. The van der Waals surface area contributed by atoms with E-state index in [2.05, 4.69) is 9.88 Å². The maximum Gasteiger partial charge on any atom is 0.247 e. The molecule has 1 aliphatic rings. The minimum Gasteiger partial charge on any atom is -0.387 e. The van der Waals surface area contributed by atoms with Crippen molar-refractivity contribution in [2.45, 2.75) is 32.4 Å². The molecule has 1 aromatic heterocycles. The van der Waals surface area contributed by atoms with Crippen LogP contribution in [0, 0.1) is 0 Å². The Bertz CT molecular complexity index is 468. The predicted octanol–water partition coefficient (Wildman–Crippen LogP) is 1.19. The Morgan fingerprint density at radius 2 is 2.05 bits per heavy atom. The van der Waals surface area contributed by atoms with Crippen molar-refractivity contribution in [2.75, 3.05) is 25.0 Å². The van der Waals surface area contributed by atoms with Gasteiger partial charge in [-0.3, -0.25) is 9.78 Å². The number of carbonyl (C=O) groups excluding carboxylic acids is 1. The standard InChI is InChI=1S/C14H21N3O2/c1-10(18)12-6-5-11(9-15-12)17-8-7-16(4)13(19)14(17,2)3/h5-6,9-10,18H,7-8H2,1-4H3/t10-/m0/s1. The number of anilines is 1. The largest absolute Gasteiger partial charge is 0.387 e. The summed E-state index contributed by atoms with van der Waals surface area (Å²) in [6, 6.07) is 3.72. The molecule has 2 rings (SSSR count). The van der Waals surface area contributed by atoms with Gasteiger partial charge in [0, 0.05) is 20.1 Å². The van der Waals surface area contributed by atoms with Crippen LogP contribution in [0.25, 0.3) is 0 Å². The summed E-state index contributed by atoms with van der Waals surface area (Å²) in [7, 11) is 1.83. The summed E-state index contributed by atoms with van der Waals surface area (Å²) in [6.07, 6.45) is 1.15. The molecule has 5 nitrogen and oxygen atoms in total. The van der Waals surface area contributed by atoms with E-state index in [1.54, 1.807) is 24.1 Å². The minimum absolute atomic E-state index is 0.110. The SMILES string of the molecule is C[C@H](O)c1ccc(N2CCN(C)C(=O)C2(C)C)cn1. The van der Waals surface area contributed by atoms with Crippen LogP contribution in [0.1, 0.15) is 32.6 Å². The fourth-order valence-corrected chi connectivity index (χ4v) is 2.47. The molecule has 1 fully saturated rings. The Morgan fingerprint density at radius 1 is 1.37 bits per heavy atom. The summed E-state index contributed by atoms with van der Waals surface area (Å²) in [4.78, 5) is 20.3. The van der Waals surface area contributed by atoms with Crippen LogP contribution >= 0.6 is 0 Å². The molecule has 1 aliphatic heterocycles. The highest BCUT2D eigenvalue weighted by molar-refractivity contribution is 5.90. The van der Waals surface area contributed by atoms with Gasteiger partial charge in [0.15, 0.2) is 0 Å². The molecule has 19 heavy (non-hydrogen) atoms. The number of aliphatic hydroxyl groups is 1. The van der Waals surface area contributed by atoms with Crippen LogP contribution in [0.15, 0.2) is 18.3 Å². The molecule has 0 radical (unpaired) electrons. The number of likely N-dealkylation sites (N-methyl/N-ethyl adjacent to an activating group) is 1. The number of rotatable bonds is 2. The highest BCUT2D eigenvalue weighted by atomic mass is 16.3. The van der Waals surface area contributed by atoms with E-state index in [1.165, 1.54) is 0 Å². The van der Waals surface area contributed by atoms with E-state index >= 15 is 0 Å². The van der Waals surface area contributed by atoms with Crippen LogP contribution in [0.5, 0.6) is 0 Å². The zero-order chi connectivity index (χ0) is 14.2. The first-order valence-corrected chi connectivity index (χ1v) is 6.51.